The quantitative estimate of drug-likeness (QED) is 0.883. The first kappa shape index (κ1) is 16.0. The second-order valence-electron chi connectivity index (χ2n) is 5.57. The summed E-state index contributed by atoms with van der Waals surface area (Å²) in [4.78, 5) is 14.3. The second-order valence-corrected chi connectivity index (χ2v) is 7.80. The van der Waals surface area contributed by atoms with Crippen LogP contribution in [0.2, 0.25) is 0 Å². The van der Waals surface area contributed by atoms with E-state index in [1.54, 1.807) is 4.90 Å². The fraction of sp³-hybridized carbons (Fsp3) is 0.533. The molecule has 1 aromatic carbocycles. The molecular formula is C15H22N2O3S. The Labute approximate surface area is 126 Å². The predicted molar refractivity (Wildman–Crippen MR) is 84.0 cm³/mol. The van der Waals surface area contributed by atoms with Crippen LogP contribution in [0.5, 0.6) is 0 Å². The molecule has 0 aliphatic carbocycles. The lowest BCUT2D eigenvalue weighted by molar-refractivity contribution is -0.121. The summed E-state index contributed by atoms with van der Waals surface area (Å²) in [6, 6.07) is 7.69. The fourth-order valence-electron chi connectivity index (χ4n) is 2.55. The molecule has 1 unspecified atom stereocenters. The molecule has 0 bridgehead atoms. The number of carbonyl (C=O) groups excluding carboxylic acids is 1. The van der Waals surface area contributed by atoms with E-state index in [2.05, 4.69) is 0 Å². The zero-order valence-electron chi connectivity index (χ0n) is 12.3. The van der Waals surface area contributed by atoms with Crippen LogP contribution in [0, 0.1) is 12.8 Å². The molecule has 2 rings (SSSR count). The molecule has 1 atom stereocenters. The molecule has 1 aromatic rings. The van der Waals surface area contributed by atoms with Crippen molar-refractivity contribution in [3.63, 3.8) is 0 Å². The van der Waals surface area contributed by atoms with Gasteiger partial charge in [0.2, 0.25) is 5.91 Å². The molecule has 1 fully saturated rings. The van der Waals surface area contributed by atoms with E-state index in [1.165, 1.54) is 0 Å². The van der Waals surface area contributed by atoms with Crippen molar-refractivity contribution >= 4 is 21.4 Å². The Morgan fingerprint density at radius 1 is 1.33 bits per heavy atom. The number of rotatable bonds is 5. The average molecular weight is 310 g/mol. The first-order valence-corrected chi connectivity index (χ1v) is 9.03. The highest BCUT2D eigenvalue weighted by Gasteiger charge is 2.35. The molecule has 0 aromatic heterocycles. The molecule has 1 amide bonds. The third kappa shape index (κ3) is 4.04. The van der Waals surface area contributed by atoms with Gasteiger partial charge in [-0.1, -0.05) is 17.7 Å². The molecule has 21 heavy (non-hydrogen) atoms. The highest BCUT2D eigenvalue weighted by atomic mass is 32.2. The Balaban J connectivity index is 2.19. The first-order chi connectivity index (χ1) is 9.93. The molecule has 0 spiro atoms. The molecule has 0 saturated carbocycles. The van der Waals surface area contributed by atoms with Crippen LogP contribution >= 0.6 is 0 Å². The largest absolute Gasteiger partial charge is 0.330 e. The van der Waals surface area contributed by atoms with Crippen molar-refractivity contribution in [2.24, 2.45) is 11.7 Å². The normalized spacial score (nSPS) is 20.4. The zero-order valence-corrected chi connectivity index (χ0v) is 13.1. The summed E-state index contributed by atoms with van der Waals surface area (Å²) in [5, 5.41) is 0. The maximum Gasteiger partial charge on any atom is 0.231 e. The van der Waals surface area contributed by atoms with Gasteiger partial charge < -0.3 is 10.6 Å². The third-order valence-electron chi connectivity index (χ3n) is 3.78. The summed E-state index contributed by atoms with van der Waals surface area (Å²) < 4.78 is 23.1. The summed E-state index contributed by atoms with van der Waals surface area (Å²) in [6.07, 6.45) is 1.12. The standard InChI is InChI=1S/C15H22N2O3S/c1-12-3-5-14(6-4-12)17(9-2-8-16)15(18)13-7-10-21(19,20)11-13/h3-6,13H,2,7-11,16H2,1H3. The van der Waals surface area contributed by atoms with E-state index >= 15 is 0 Å². The van der Waals surface area contributed by atoms with Crippen molar-refractivity contribution in [1.29, 1.82) is 0 Å². The minimum Gasteiger partial charge on any atom is -0.330 e. The zero-order chi connectivity index (χ0) is 15.5. The summed E-state index contributed by atoms with van der Waals surface area (Å²) in [5.74, 6) is -0.443. The first-order valence-electron chi connectivity index (χ1n) is 7.21. The number of aryl methyl sites for hydroxylation is 1. The molecular weight excluding hydrogens is 288 g/mol. The van der Waals surface area contributed by atoms with E-state index in [1.807, 2.05) is 31.2 Å². The summed E-state index contributed by atoms with van der Waals surface area (Å²) >= 11 is 0. The van der Waals surface area contributed by atoms with E-state index in [4.69, 9.17) is 5.73 Å². The number of hydrogen-bond acceptors (Lipinski definition) is 4. The van der Waals surface area contributed by atoms with E-state index in [-0.39, 0.29) is 17.4 Å². The number of benzene rings is 1. The lowest BCUT2D eigenvalue weighted by Gasteiger charge is -2.25. The van der Waals surface area contributed by atoms with Crippen LogP contribution in [0.15, 0.2) is 24.3 Å². The van der Waals surface area contributed by atoms with E-state index in [9.17, 15) is 13.2 Å². The van der Waals surface area contributed by atoms with Gasteiger partial charge in [0.05, 0.1) is 17.4 Å². The fourth-order valence-corrected chi connectivity index (χ4v) is 4.28. The van der Waals surface area contributed by atoms with Crippen LogP contribution in [0.25, 0.3) is 0 Å². The average Bonchev–Trinajstić information content (AvgIpc) is 2.81. The number of carbonyl (C=O) groups is 1. The van der Waals surface area contributed by atoms with Crippen molar-refractivity contribution < 1.29 is 13.2 Å². The van der Waals surface area contributed by atoms with E-state index in [0.717, 1.165) is 11.3 Å². The van der Waals surface area contributed by atoms with Gasteiger partial charge in [-0.15, -0.1) is 0 Å². The molecule has 5 nitrogen and oxygen atoms in total. The molecule has 1 aliphatic heterocycles. The van der Waals surface area contributed by atoms with Crippen LogP contribution in [0.3, 0.4) is 0 Å². The number of amides is 1. The Morgan fingerprint density at radius 3 is 2.52 bits per heavy atom. The molecule has 0 radical (unpaired) electrons. The maximum absolute atomic E-state index is 12.6. The number of hydrogen-bond donors (Lipinski definition) is 1. The van der Waals surface area contributed by atoms with Crippen LogP contribution in [-0.4, -0.2) is 38.9 Å². The number of anilines is 1. The van der Waals surface area contributed by atoms with Crippen molar-refractivity contribution in [3.05, 3.63) is 29.8 Å². The minimum atomic E-state index is -3.06. The van der Waals surface area contributed by atoms with Crippen molar-refractivity contribution in [1.82, 2.24) is 0 Å². The summed E-state index contributed by atoms with van der Waals surface area (Å²) in [5.41, 5.74) is 7.47. The van der Waals surface area contributed by atoms with E-state index < -0.39 is 15.8 Å². The van der Waals surface area contributed by atoms with Crippen molar-refractivity contribution in [3.8, 4) is 0 Å². The van der Waals surface area contributed by atoms with Gasteiger partial charge in [-0.25, -0.2) is 8.42 Å². The Bertz CT molecular complexity index is 596. The highest BCUT2D eigenvalue weighted by molar-refractivity contribution is 7.91. The van der Waals surface area contributed by atoms with Gasteiger partial charge >= 0.3 is 0 Å². The van der Waals surface area contributed by atoms with Crippen LogP contribution in [0.1, 0.15) is 18.4 Å². The highest BCUT2D eigenvalue weighted by Crippen LogP contribution is 2.24. The van der Waals surface area contributed by atoms with Gasteiger partial charge in [0, 0.05) is 12.2 Å². The second kappa shape index (κ2) is 6.58. The van der Waals surface area contributed by atoms with Crippen LogP contribution < -0.4 is 10.6 Å². The number of sulfone groups is 1. The van der Waals surface area contributed by atoms with Crippen molar-refractivity contribution in [2.75, 3.05) is 29.5 Å². The van der Waals surface area contributed by atoms with Crippen LogP contribution in [-0.2, 0) is 14.6 Å². The Hall–Kier alpha value is -1.40. The topological polar surface area (TPSA) is 80.5 Å². The van der Waals surface area contributed by atoms with Crippen LogP contribution in [0.4, 0.5) is 5.69 Å². The maximum atomic E-state index is 12.6. The third-order valence-corrected chi connectivity index (χ3v) is 5.55. The van der Waals surface area contributed by atoms with Crippen molar-refractivity contribution in [2.45, 2.75) is 19.8 Å². The lowest BCUT2D eigenvalue weighted by atomic mass is 10.1. The summed E-state index contributed by atoms with van der Waals surface area (Å²) in [7, 11) is -3.06. The smallest absolute Gasteiger partial charge is 0.231 e. The molecule has 1 heterocycles. The SMILES string of the molecule is Cc1ccc(N(CCCN)C(=O)C2CCS(=O)(=O)C2)cc1. The van der Waals surface area contributed by atoms with Gasteiger partial charge in [-0.05, 0) is 38.4 Å². The molecule has 2 N–H and O–H groups in total. The Morgan fingerprint density at radius 2 is 2.00 bits per heavy atom. The number of nitrogens with two attached hydrogens (primary N) is 1. The monoisotopic (exact) mass is 310 g/mol. The number of nitrogens with zero attached hydrogens (tertiary/aromatic N) is 1. The van der Waals surface area contributed by atoms with Gasteiger partial charge in [-0.3, -0.25) is 4.79 Å². The van der Waals surface area contributed by atoms with Gasteiger partial charge in [0.15, 0.2) is 9.84 Å². The predicted octanol–water partition coefficient (Wildman–Crippen LogP) is 1.11. The van der Waals surface area contributed by atoms with E-state index in [0.29, 0.717) is 25.9 Å². The van der Waals surface area contributed by atoms with Gasteiger partial charge in [-0.2, -0.15) is 0 Å². The Kier molecular flexibility index (Phi) is 5.00. The summed E-state index contributed by atoms with van der Waals surface area (Å²) in [6.45, 7) is 3.01. The molecule has 116 valence electrons. The lowest BCUT2D eigenvalue weighted by Crippen LogP contribution is -2.38. The van der Waals surface area contributed by atoms with Gasteiger partial charge in [0.1, 0.15) is 0 Å². The minimum absolute atomic E-state index is 0.0309. The molecule has 1 saturated heterocycles. The molecule has 1 aliphatic rings. The molecule has 6 heteroatoms. The van der Waals surface area contributed by atoms with Gasteiger partial charge in [0.25, 0.3) is 0 Å².